The van der Waals surface area contributed by atoms with Crippen molar-refractivity contribution in [1.29, 1.82) is 0 Å². The summed E-state index contributed by atoms with van der Waals surface area (Å²) in [6.45, 7) is 2.02. The number of halogens is 1. The number of unbranched alkanes of at least 4 members (excludes halogenated alkanes) is 1. The molecule has 0 unspecified atom stereocenters. The lowest BCUT2D eigenvalue weighted by atomic mass is 10.2. The number of phenolic OH excluding ortho intramolecular Hbond substituents is 1. The Bertz CT molecular complexity index is 475. The number of ether oxygens (including phenoxy) is 1. The molecule has 0 aliphatic carbocycles. The molecule has 0 saturated carbocycles. The molecule has 0 fully saturated rings. The minimum absolute atomic E-state index is 0.117. The molecule has 0 spiro atoms. The molecule has 0 radical (unpaired) electrons. The molecule has 6 heteroatoms. The highest BCUT2D eigenvalue weighted by Crippen LogP contribution is 2.34. The van der Waals surface area contributed by atoms with Crippen LogP contribution in [0.4, 0.5) is 0 Å². The summed E-state index contributed by atoms with van der Waals surface area (Å²) in [5, 5.41) is 13.5. The van der Waals surface area contributed by atoms with Crippen LogP contribution in [0.25, 0.3) is 0 Å². The van der Waals surface area contributed by atoms with Gasteiger partial charge in [0, 0.05) is 6.42 Å². The van der Waals surface area contributed by atoms with Crippen molar-refractivity contribution in [2.24, 2.45) is 5.10 Å². The van der Waals surface area contributed by atoms with Gasteiger partial charge in [0.15, 0.2) is 11.5 Å². The lowest BCUT2D eigenvalue weighted by molar-refractivity contribution is -0.121. The molecule has 0 aliphatic rings. The van der Waals surface area contributed by atoms with E-state index in [4.69, 9.17) is 16.3 Å². The van der Waals surface area contributed by atoms with Crippen LogP contribution in [0.2, 0.25) is 5.02 Å². The second kappa shape index (κ2) is 7.63. The predicted octanol–water partition coefficient (Wildman–Crippen LogP) is 2.69. The molecule has 0 aromatic heterocycles. The van der Waals surface area contributed by atoms with E-state index in [1.807, 2.05) is 6.92 Å². The lowest BCUT2D eigenvalue weighted by Gasteiger charge is -2.06. The first-order chi connectivity index (χ1) is 9.08. The average molecular weight is 285 g/mol. The van der Waals surface area contributed by atoms with Gasteiger partial charge in [-0.15, -0.1) is 0 Å². The number of carbonyl (C=O) groups is 1. The molecule has 2 N–H and O–H groups in total. The Morgan fingerprint density at radius 1 is 1.58 bits per heavy atom. The third-order valence-electron chi connectivity index (χ3n) is 2.43. The molecular weight excluding hydrogens is 268 g/mol. The molecule has 1 aromatic carbocycles. The van der Waals surface area contributed by atoms with E-state index < -0.39 is 0 Å². The van der Waals surface area contributed by atoms with Gasteiger partial charge in [0.25, 0.3) is 0 Å². The maximum atomic E-state index is 11.3. The molecule has 0 saturated heterocycles. The highest BCUT2D eigenvalue weighted by atomic mass is 35.5. The fourth-order valence-corrected chi connectivity index (χ4v) is 1.62. The van der Waals surface area contributed by atoms with Crippen molar-refractivity contribution in [2.75, 3.05) is 7.11 Å². The molecule has 0 heterocycles. The fourth-order valence-electron chi connectivity index (χ4n) is 1.40. The van der Waals surface area contributed by atoms with Crippen LogP contribution in [0.1, 0.15) is 31.7 Å². The summed E-state index contributed by atoms with van der Waals surface area (Å²) in [5.41, 5.74) is 3.04. The number of rotatable bonds is 6. The van der Waals surface area contributed by atoms with Crippen molar-refractivity contribution in [2.45, 2.75) is 26.2 Å². The molecular formula is C13H17ClN2O3. The number of phenols is 1. The summed E-state index contributed by atoms with van der Waals surface area (Å²) in [6, 6.07) is 3.10. The van der Waals surface area contributed by atoms with E-state index in [9.17, 15) is 9.90 Å². The van der Waals surface area contributed by atoms with Gasteiger partial charge in [0.2, 0.25) is 5.91 Å². The molecule has 1 aromatic rings. The van der Waals surface area contributed by atoms with Crippen LogP contribution in [0.15, 0.2) is 17.2 Å². The fraction of sp³-hybridized carbons (Fsp3) is 0.385. The Labute approximate surface area is 117 Å². The summed E-state index contributed by atoms with van der Waals surface area (Å²) >= 11 is 5.83. The maximum Gasteiger partial charge on any atom is 0.240 e. The standard InChI is InChI=1S/C13H17ClN2O3/c1-3-4-5-12(17)16-15-8-9-6-10(14)13(18)11(7-9)19-2/h6-8,18H,3-5H2,1-2H3,(H,16,17)/b15-8+. The number of hydrogen-bond donors (Lipinski definition) is 2. The number of hydrogen-bond acceptors (Lipinski definition) is 4. The Kier molecular flexibility index (Phi) is 6.15. The van der Waals surface area contributed by atoms with E-state index in [0.29, 0.717) is 12.0 Å². The Morgan fingerprint density at radius 2 is 2.32 bits per heavy atom. The van der Waals surface area contributed by atoms with Crippen LogP contribution in [-0.2, 0) is 4.79 Å². The van der Waals surface area contributed by atoms with Crippen LogP contribution >= 0.6 is 11.6 Å². The topological polar surface area (TPSA) is 70.9 Å². The highest BCUT2D eigenvalue weighted by Gasteiger charge is 2.07. The molecule has 0 aliphatic heterocycles. The van der Waals surface area contributed by atoms with Crippen LogP contribution in [0.3, 0.4) is 0 Å². The number of carbonyl (C=O) groups excluding carboxylic acids is 1. The molecule has 0 bridgehead atoms. The van der Waals surface area contributed by atoms with Gasteiger partial charge in [0.1, 0.15) is 0 Å². The highest BCUT2D eigenvalue weighted by molar-refractivity contribution is 6.32. The van der Waals surface area contributed by atoms with Crippen molar-refractivity contribution >= 4 is 23.7 Å². The average Bonchev–Trinajstić information content (AvgIpc) is 2.40. The van der Waals surface area contributed by atoms with Crippen molar-refractivity contribution in [1.82, 2.24) is 5.43 Å². The number of aromatic hydroxyl groups is 1. The number of benzene rings is 1. The summed E-state index contributed by atoms with van der Waals surface area (Å²) < 4.78 is 4.96. The van der Waals surface area contributed by atoms with Crippen molar-refractivity contribution < 1.29 is 14.6 Å². The lowest BCUT2D eigenvalue weighted by Crippen LogP contribution is -2.16. The smallest absolute Gasteiger partial charge is 0.240 e. The van der Waals surface area contributed by atoms with Gasteiger partial charge in [-0.1, -0.05) is 24.9 Å². The van der Waals surface area contributed by atoms with E-state index in [0.717, 1.165) is 12.8 Å². The van der Waals surface area contributed by atoms with E-state index in [-0.39, 0.29) is 22.4 Å². The van der Waals surface area contributed by atoms with Gasteiger partial charge in [0.05, 0.1) is 18.3 Å². The Morgan fingerprint density at radius 3 is 2.95 bits per heavy atom. The molecule has 0 atom stereocenters. The molecule has 19 heavy (non-hydrogen) atoms. The SMILES string of the molecule is CCCCC(=O)N/N=C/c1cc(Cl)c(O)c(OC)c1. The molecule has 5 nitrogen and oxygen atoms in total. The van der Waals surface area contributed by atoms with Gasteiger partial charge < -0.3 is 9.84 Å². The van der Waals surface area contributed by atoms with Gasteiger partial charge in [-0.3, -0.25) is 4.79 Å². The third-order valence-corrected chi connectivity index (χ3v) is 2.72. The molecule has 104 valence electrons. The van der Waals surface area contributed by atoms with Gasteiger partial charge in [-0.05, 0) is 24.1 Å². The normalized spacial score (nSPS) is 10.7. The number of amides is 1. The van der Waals surface area contributed by atoms with E-state index in [1.165, 1.54) is 19.4 Å². The molecule has 1 amide bonds. The zero-order valence-electron chi connectivity index (χ0n) is 10.9. The van der Waals surface area contributed by atoms with E-state index in [2.05, 4.69) is 10.5 Å². The van der Waals surface area contributed by atoms with Crippen LogP contribution < -0.4 is 10.2 Å². The first-order valence-electron chi connectivity index (χ1n) is 5.96. The zero-order valence-corrected chi connectivity index (χ0v) is 11.7. The van der Waals surface area contributed by atoms with Crippen molar-refractivity contribution in [3.05, 3.63) is 22.7 Å². The van der Waals surface area contributed by atoms with Gasteiger partial charge in [-0.25, -0.2) is 5.43 Å². The van der Waals surface area contributed by atoms with Crippen LogP contribution in [-0.4, -0.2) is 24.3 Å². The first-order valence-corrected chi connectivity index (χ1v) is 6.34. The zero-order chi connectivity index (χ0) is 14.3. The third kappa shape index (κ3) is 4.79. The van der Waals surface area contributed by atoms with E-state index in [1.54, 1.807) is 6.07 Å². The van der Waals surface area contributed by atoms with Crippen LogP contribution in [0, 0.1) is 0 Å². The summed E-state index contributed by atoms with van der Waals surface area (Å²) in [5.74, 6) is 0.00879. The summed E-state index contributed by atoms with van der Waals surface area (Å²) in [7, 11) is 1.43. The largest absolute Gasteiger partial charge is 0.503 e. The minimum atomic E-state index is -0.130. The van der Waals surface area contributed by atoms with Crippen molar-refractivity contribution in [3.63, 3.8) is 0 Å². The second-order valence-electron chi connectivity index (χ2n) is 3.95. The predicted molar refractivity (Wildman–Crippen MR) is 74.9 cm³/mol. The van der Waals surface area contributed by atoms with Gasteiger partial charge >= 0.3 is 0 Å². The monoisotopic (exact) mass is 284 g/mol. The van der Waals surface area contributed by atoms with Crippen molar-refractivity contribution in [3.8, 4) is 11.5 Å². The number of nitrogens with zero attached hydrogens (tertiary/aromatic N) is 1. The number of methoxy groups -OCH3 is 1. The number of nitrogens with one attached hydrogen (secondary N) is 1. The van der Waals surface area contributed by atoms with E-state index >= 15 is 0 Å². The summed E-state index contributed by atoms with van der Waals surface area (Å²) in [4.78, 5) is 11.3. The van der Waals surface area contributed by atoms with Crippen LogP contribution in [0.5, 0.6) is 11.5 Å². The second-order valence-corrected chi connectivity index (χ2v) is 4.36. The maximum absolute atomic E-state index is 11.3. The Balaban J connectivity index is 2.67. The first kappa shape index (κ1) is 15.3. The number of hydrazone groups is 1. The Hall–Kier alpha value is -1.75. The summed E-state index contributed by atoms with van der Waals surface area (Å²) in [6.07, 6.45) is 3.69. The molecule has 1 rings (SSSR count). The minimum Gasteiger partial charge on any atom is -0.503 e. The quantitative estimate of drug-likeness (QED) is 0.623. The van der Waals surface area contributed by atoms with Gasteiger partial charge in [-0.2, -0.15) is 5.10 Å².